The Morgan fingerprint density at radius 3 is 1.97 bits per heavy atom. The number of aromatic hydroxyl groups is 1. The van der Waals surface area contributed by atoms with Gasteiger partial charge in [0.25, 0.3) is 0 Å². The van der Waals surface area contributed by atoms with Gasteiger partial charge < -0.3 is 19.3 Å². The van der Waals surface area contributed by atoms with Crippen LogP contribution in [-0.4, -0.2) is 35.9 Å². The minimum absolute atomic E-state index is 0.0158. The number of phenols is 1. The summed E-state index contributed by atoms with van der Waals surface area (Å²) < 4.78 is 17.2. The van der Waals surface area contributed by atoms with Crippen LogP contribution < -0.4 is 14.2 Å². The maximum atomic E-state index is 12.9. The van der Waals surface area contributed by atoms with E-state index in [0.29, 0.717) is 50.9 Å². The predicted molar refractivity (Wildman–Crippen MR) is 129 cm³/mol. The number of ketones is 2. The van der Waals surface area contributed by atoms with Gasteiger partial charge in [0.15, 0.2) is 23.1 Å². The Kier molecular flexibility index (Phi) is 11.1. The summed E-state index contributed by atoms with van der Waals surface area (Å²) in [7, 11) is 0. The molecule has 0 fully saturated rings. The normalized spacial score (nSPS) is 10.2. The second-order valence-corrected chi connectivity index (χ2v) is 7.47. The van der Waals surface area contributed by atoms with Crippen molar-refractivity contribution in [3.05, 3.63) is 73.3 Å². The molecule has 2 rings (SSSR count). The number of esters is 1. The van der Waals surface area contributed by atoms with Crippen molar-refractivity contribution in [2.75, 3.05) is 13.2 Å². The molecule has 34 heavy (non-hydrogen) atoms. The van der Waals surface area contributed by atoms with Gasteiger partial charge in [0.05, 0.1) is 13.2 Å². The molecular weight excluding hydrogens is 436 g/mol. The first-order valence-corrected chi connectivity index (χ1v) is 11.1. The number of carbonyl (C=O) groups excluding carboxylic acids is 3. The molecule has 0 unspecified atom stereocenters. The summed E-state index contributed by atoms with van der Waals surface area (Å²) in [4.78, 5) is 35.6. The maximum absolute atomic E-state index is 12.9. The highest BCUT2D eigenvalue weighted by atomic mass is 16.5. The zero-order valence-electron chi connectivity index (χ0n) is 19.2. The number of benzene rings is 2. The summed E-state index contributed by atoms with van der Waals surface area (Å²) >= 11 is 0. The van der Waals surface area contributed by atoms with Crippen LogP contribution in [0.15, 0.2) is 67.8 Å². The summed E-state index contributed by atoms with van der Waals surface area (Å²) in [6, 6.07) is 10.7. The zero-order chi connectivity index (χ0) is 24.8. The smallest absolute Gasteiger partial charge is 0.347 e. The maximum Gasteiger partial charge on any atom is 0.347 e. The predicted octanol–water partition coefficient (Wildman–Crippen LogP) is 5.22. The fraction of sp³-hybridized carbons (Fsp3) is 0.296. The van der Waals surface area contributed by atoms with Gasteiger partial charge in [-0.05, 0) is 74.2 Å². The first-order valence-electron chi connectivity index (χ1n) is 11.1. The molecule has 0 bridgehead atoms. The van der Waals surface area contributed by atoms with Crippen molar-refractivity contribution in [2.45, 2.75) is 38.5 Å². The largest absolute Gasteiger partial charge is 0.508 e. The topological polar surface area (TPSA) is 99.1 Å². The van der Waals surface area contributed by atoms with E-state index in [4.69, 9.17) is 14.2 Å². The van der Waals surface area contributed by atoms with Crippen molar-refractivity contribution in [2.24, 2.45) is 0 Å². The van der Waals surface area contributed by atoms with Gasteiger partial charge in [0.1, 0.15) is 17.1 Å². The molecule has 7 nitrogen and oxygen atoms in total. The molecule has 0 radical (unpaired) electrons. The van der Waals surface area contributed by atoms with Crippen LogP contribution in [0.5, 0.6) is 23.0 Å². The SMILES string of the molecule is C=CC(=O)CCCCOc1cccc(C(=O)Oc2ccc(O)cc2)c1OCCCCC(=O)C=C. The van der Waals surface area contributed by atoms with E-state index in [1.54, 1.807) is 18.2 Å². The molecule has 2 aromatic carbocycles. The molecule has 0 saturated heterocycles. The number of carbonyl (C=O) groups is 3. The fourth-order valence-electron chi connectivity index (χ4n) is 2.98. The minimum Gasteiger partial charge on any atom is -0.508 e. The Bertz CT molecular complexity index is 993. The Morgan fingerprint density at radius 1 is 0.794 bits per heavy atom. The second kappa shape index (κ2) is 14.3. The molecule has 2 aromatic rings. The minimum atomic E-state index is -0.635. The second-order valence-electron chi connectivity index (χ2n) is 7.47. The molecule has 0 heterocycles. The molecule has 0 saturated carbocycles. The van der Waals surface area contributed by atoms with Crippen LogP contribution in [-0.2, 0) is 9.59 Å². The van der Waals surface area contributed by atoms with E-state index in [9.17, 15) is 19.5 Å². The Balaban J connectivity index is 2.09. The van der Waals surface area contributed by atoms with Crippen molar-refractivity contribution in [3.8, 4) is 23.0 Å². The van der Waals surface area contributed by atoms with Crippen molar-refractivity contribution >= 4 is 17.5 Å². The van der Waals surface area contributed by atoms with Crippen LogP contribution >= 0.6 is 0 Å². The Morgan fingerprint density at radius 2 is 1.38 bits per heavy atom. The van der Waals surface area contributed by atoms with Gasteiger partial charge >= 0.3 is 5.97 Å². The fourth-order valence-corrected chi connectivity index (χ4v) is 2.98. The molecule has 0 amide bonds. The average molecular weight is 467 g/mol. The van der Waals surface area contributed by atoms with Crippen LogP contribution in [0.3, 0.4) is 0 Å². The lowest BCUT2D eigenvalue weighted by Gasteiger charge is -2.16. The highest BCUT2D eigenvalue weighted by Crippen LogP contribution is 2.33. The van der Waals surface area contributed by atoms with Gasteiger partial charge in [-0.15, -0.1) is 0 Å². The number of rotatable bonds is 16. The van der Waals surface area contributed by atoms with E-state index in [1.807, 2.05) is 0 Å². The van der Waals surface area contributed by atoms with Gasteiger partial charge in [-0.1, -0.05) is 19.2 Å². The Labute approximate surface area is 199 Å². The number of phenolic OH excluding ortho intramolecular Hbond substituents is 1. The van der Waals surface area contributed by atoms with Crippen LogP contribution in [0, 0.1) is 0 Å². The first-order chi connectivity index (χ1) is 16.4. The highest BCUT2D eigenvalue weighted by Gasteiger charge is 2.20. The summed E-state index contributed by atoms with van der Waals surface area (Å²) in [5, 5.41) is 9.42. The van der Waals surface area contributed by atoms with E-state index in [0.717, 1.165) is 0 Å². The summed E-state index contributed by atoms with van der Waals surface area (Å²) in [5.41, 5.74) is 0.189. The summed E-state index contributed by atoms with van der Waals surface area (Å²) in [6.45, 7) is 7.53. The van der Waals surface area contributed by atoms with Crippen molar-refractivity contribution in [1.29, 1.82) is 0 Å². The molecule has 180 valence electrons. The number of para-hydroxylation sites is 1. The van der Waals surface area contributed by atoms with Gasteiger partial charge in [-0.25, -0.2) is 4.79 Å². The van der Waals surface area contributed by atoms with E-state index >= 15 is 0 Å². The Hall–Kier alpha value is -3.87. The molecule has 0 spiro atoms. The molecule has 0 atom stereocenters. The molecule has 0 aliphatic heterocycles. The van der Waals surface area contributed by atoms with Crippen LogP contribution in [0.2, 0.25) is 0 Å². The highest BCUT2D eigenvalue weighted by molar-refractivity contribution is 5.95. The van der Waals surface area contributed by atoms with E-state index in [1.165, 1.54) is 36.4 Å². The standard InChI is InChI=1S/C27H30O7/c1-3-20(28)10-5-7-18-32-25-13-9-12-24(26(25)33-19-8-6-11-21(29)4-2)27(31)34-23-16-14-22(30)15-17-23/h3-4,9,12-17,30H,1-2,5-8,10-11,18-19H2. The van der Waals surface area contributed by atoms with Crippen molar-refractivity contribution in [3.63, 3.8) is 0 Å². The van der Waals surface area contributed by atoms with E-state index in [-0.39, 0.29) is 41.0 Å². The number of hydrogen-bond acceptors (Lipinski definition) is 7. The summed E-state index contributed by atoms with van der Waals surface area (Å²) in [5.74, 6) is 0.291. The lowest BCUT2D eigenvalue weighted by Crippen LogP contribution is -2.13. The third-order valence-corrected chi connectivity index (χ3v) is 4.84. The third kappa shape index (κ3) is 8.94. The van der Waals surface area contributed by atoms with E-state index < -0.39 is 5.97 Å². The quantitative estimate of drug-likeness (QED) is 0.157. The average Bonchev–Trinajstić information content (AvgIpc) is 2.84. The first kappa shape index (κ1) is 26.4. The number of unbranched alkanes of at least 4 members (excludes halogenated alkanes) is 2. The molecular formula is C27H30O7. The van der Waals surface area contributed by atoms with E-state index in [2.05, 4.69) is 13.2 Å². The zero-order valence-corrected chi connectivity index (χ0v) is 19.2. The summed E-state index contributed by atoms with van der Waals surface area (Å²) in [6.07, 6.45) is 5.90. The molecule has 0 aliphatic carbocycles. The molecule has 1 N–H and O–H groups in total. The van der Waals surface area contributed by atoms with Gasteiger partial charge in [0, 0.05) is 12.8 Å². The lowest BCUT2D eigenvalue weighted by molar-refractivity contribution is -0.115. The lowest BCUT2D eigenvalue weighted by atomic mass is 10.1. The van der Waals surface area contributed by atoms with Crippen LogP contribution in [0.4, 0.5) is 0 Å². The van der Waals surface area contributed by atoms with Crippen LogP contribution in [0.25, 0.3) is 0 Å². The third-order valence-electron chi connectivity index (χ3n) is 4.84. The number of allylic oxidation sites excluding steroid dienone is 2. The monoisotopic (exact) mass is 466 g/mol. The molecule has 0 aromatic heterocycles. The van der Waals surface area contributed by atoms with Gasteiger partial charge in [-0.2, -0.15) is 0 Å². The van der Waals surface area contributed by atoms with Gasteiger partial charge in [0.2, 0.25) is 0 Å². The van der Waals surface area contributed by atoms with Crippen molar-refractivity contribution < 1.29 is 33.7 Å². The van der Waals surface area contributed by atoms with Crippen LogP contribution in [0.1, 0.15) is 48.9 Å². The number of hydrogen-bond donors (Lipinski definition) is 1. The van der Waals surface area contributed by atoms with Gasteiger partial charge in [-0.3, -0.25) is 9.59 Å². The number of ether oxygens (including phenoxy) is 3. The van der Waals surface area contributed by atoms with Crippen molar-refractivity contribution in [1.82, 2.24) is 0 Å². The molecule has 7 heteroatoms. The molecule has 0 aliphatic rings.